The van der Waals surface area contributed by atoms with Gasteiger partial charge in [0.1, 0.15) is 5.60 Å². The minimum atomic E-state index is -0.500. The van der Waals surface area contributed by atoms with Crippen LogP contribution in [0, 0.1) is 6.92 Å². The van der Waals surface area contributed by atoms with Gasteiger partial charge in [0.05, 0.1) is 0 Å². The number of hydrogen-bond donors (Lipinski definition) is 1. The van der Waals surface area contributed by atoms with Gasteiger partial charge in [-0.15, -0.1) is 0 Å². The SMILES string of the molecule is Cc1cccc(C(C)C)c1NC(=O)CCC1CCCN1C(=O)OC(C)(C)C. The van der Waals surface area contributed by atoms with Crippen LogP contribution in [0.4, 0.5) is 10.5 Å². The van der Waals surface area contributed by atoms with Crippen LogP contribution in [-0.2, 0) is 9.53 Å². The Hall–Kier alpha value is -2.04. The lowest BCUT2D eigenvalue weighted by atomic mass is 9.98. The maximum Gasteiger partial charge on any atom is 0.410 e. The number of benzene rings is 1. The van der Waals surface area contributed by atoms with Gasteiger partial charge in [-0.2, -0.15) is 0 Å². The number of nitrogens with zero attached hydrogens (tertiary/aromatic N) is 1. The molecule has 1 N–H and O–H groups in total. The van der Waals surface area contributed by atoms with Gasteiger partial charge in [-0.05, 0) is 64.0 Å². The Kier molecular flexibility index (Phi) is 6.90. The Labute approximate surface area is 163 Å². The first-order chi connectivity index (χ1) is 12.6. The lowest BCUT2D eigenvalue weighted by Crippen LogP contribution is -2.40. The highest BCUT2D eigenvalue weighted by Crippen LogP contribution is 2.28. The van der Waals surface area contributed by atoms with Crippen molar-refractivity contribution in [2.24, 2.45) is 0 Å². The number of anilines is 1. The van der Waals surface area contributed by atoms with E-state index in [9.17, 15) is 9.59 Å². The van der Waals surface area contributed by atoms with Gasteiger partial charge in [-0.3, -0.25) is 4.79 Å². The molecule has 5 nitrogen and oxygen atoms in total. The largest absolute Gasteiger partial charge is 0.444 e. The molecule has 0 bridgehead atoms. The van der Waals surface area contributed by atoms with Crippen molar-refractivity contribution in [2.75, 3.05) is 11.9 Å². The normalized spacial score (nSPS) is 17.3. The van der Waals surface area contributed by atoms with Gasteiger partial charge in [-0.1, -0.05) is 32.0 Å². The summed E-state index contributed by atoms with van der Waals surface area (Å²) in [6, 6.07) is 6.18. The van der Waals surface area contributed by atoms with E-state index in [0.717, 1.165) is 29.7 Å². The second-order valence-corrected chi connectivity index (χ2v) is 8.75. The number of para-hydroxylation sites is 1. The maximum atomic E-state index is 12.6. The first kappa shape index (κ1) is 21.3. The molecule has 1 aliphatic heterocycles. The molecule has 5 heteroatoms. The third-order valence-corrected chi connectivity index (χ3v) is 4.90. The van der Waals surface area contributed by atoms with Crippen LogP contribution in [0.5, 0.6) is 0 Å². The Bertz CT molecular complexity index is 677. The minimum absolute atomic E-state index is 0.00207. The molecule has 0 radical (unpaired) electrons. The average Bonchev–Trinajstić information content (AvgIpc) is 3.01. The maximum absolute atomic E-state index is 12.6. The summed E-state index contributed by atoms with van der Waals surface area (Å²) in [5, 5.41) is 3.09. The Morgan fingerprint density at radius 1 is 1.30 bits per heavy atom. The smallest absolute Gasteiger partial charge is 0.410 e. The standard InChI is InChI=1S/C22H34N2O3/c1-15(2)18-11-7-9-16(3)20(18)23-19(25)13-12-17-10-8-14-24(17)21(26)27-22(4,5)6/h7,9,11,15,17H,8,10,12-14H2,1-6H3,(H,23,25). The fourth-order valence-corrected chi connectivity index (χ4v) is 3.54. The van der Waals surface area contributed by atoms with Gasteiger partial charge in [0.15, 0.2) is 0 Å². The Morgan fingerprint density at radius 2 is 2.00 bits per heavy atom. The number of carbonyl (C=O) groups is 2. The fraction of sp³-hybridized carbons (Fsp3) is 0.636. The second-order valence-electron chi connectivity index (χ2n) is 8.75. The Morgan fingerprint density at radius 3 is 2.63 bits per heavy atom. The molecule has 0 aromatic heterocycles. The van der Waals surface area contributed by atoms with E-state index in [1.807, 2.05) is 39.8 Å². The summed E-state index contributed by atoms with van der Waals surface area (Å²) in [5.74, 6) is 0.347. The van der Waals surface area contributed by atoms with Crippen molar-refractivity contribution in [3.05, 3.63) is 29.3 Å². The molecule has 1 aromatic carbocycles. The molecule has 1 fully saturated rings. The zero-order valence-corrected chi connectivity index (χ0v) is 17.6. The van der Waals surface area contributed by atoms with Gasteiger partial charge in [-0.25, -0.2) is 4.79 Å². The molecule has 150 valence electrons. The molecule has 0 spiro atoms. The molecule has 2 amide bonds. The molecule has 1 aliphatic rings. The lowest BCUT2D eigenvalue weighted by Gasteiger charge is -2.28. The first-order valence-electron chi connectivity index (χ1n) is 9.97. The highest BCUT2D eigenvalue weighted by Gasteiger charge is 2.32. The van der Waals surface area contributed by atoms with Crippen LogP contribution < -0.4 is 5.32 Å². The molecule has 2 rings (SSSR count). The van der Waals surface area contributed by atoms with Crippen LogP contribution in [0.1, 0.15) is 77.3 Å². The van der Waals surface area contributed by atoms with E-state index in [1.165, 1.54) is 0 Å². The number of amides is 2. The third-order valence-electron chi connectivity index (χ3n) is 4.90. The second kappa shape index (κ2) is 8.77. The molecule has 1 unspecified atom stereocenters. The topological polar surface area (TPSA) is 58.6 Å². The summed E-state index contributed by atoms with van der Waals surface area (Å²) in [4.78, 5) is 26.7. The van der Waals surface area contributed by atoms with E-state index in [4.69, 9.17) is 4.74 Å². The molecule has 1 aromatic rings. The zero-order valence-electron chi connectivity index (χ0n) is 17.6. The fourth-order valence-electron chi connectivity index (χ4n) is 3.54. The summed E-state index contributed by atoms with van der Waals surface area (Å²) in [6.45, 7) is 12.6. The summed E-state index contributed by atoms with van der Waals surface area (Å²) in [7, 11) is 0. The van der Waals surface area contributed by atoms with Gasteiger partial charge >= 0.3 is 6.09 Å². The van der Waals surface area contributed by atoms with Crippen molar-refractivity contribution in [3.63, 3.8) is 0 Å². The van der Waals surface area contributed by atoms with Crippen molar-refractivity contribution >= 4 is 17.7 Å². The van der Waals surface area contributed by atoms with E-state index in [0.29, 0.717) is 25.3 Å². The zero-order chi connectivity index (χ0) is 20.2. The number of aryl methyl sites for hydroxylation is 1. The van der Waals surface area contributed by atoms with Crippen LogP contribution in [0.25, 0.3) is 0 Å². The highest BCUT2D eigenvalue weighted by atomic mass is 16.6. The molecule has 27 heavy (non-hydrogen) atoms. The van der Waals surface area contributed by atoms with Crippen LogP contribution in [-0.4, -0.2) is 35.1 Å². The quantitative estimate of drug-likeness (QED) is 0.767. The van der Waals surface area contributed by atoms with E-state index in [1.54, 1.807) is 4.90 Å². The summed E-state index contributed by atoms with van der Waals surface area (Å²) >= 11 is 0. The highest BCUT2D eigenvalue weighted by molar-refractivity contribution is 5.92. The predicted octanol–water partition coefficient (Wildman–Crippen LogP) is 5.24. The van der Waals surface area contributed by atoms with Crippen molar-refractivity contribution in [1.29, 1.82) is 0 Å². The predicted molar refractivity (Wildman–Crippen MR) is 109 cm³/mol. The Balaban J connectivity index is 1.95. The number of hydrogen-bond acceptors (Lipinski definition) is 3. The number of rotatable bonds is 5. The van der Waals surface area contributed by atoms with E-state index >= 15 is 0 Å². The van der Waals surface area contributed by atoms with Crippen molar-refractivity contribution in [2.45, 2.75) is 84.8 Å². The average molecular weight is 375 g/mol. The van der Waals surface area contributed by atoms with Crippen molar-refractivity contribution in [3.8, 4) is 0 Å². The van der Waals surface area contributed by atoms with E-state index < -0.39 is 5.60 Å². The number of likely N-dealkylation sites (tertiary alicyclic amines) is 1. The summed E-state index contributed by atoms with van der Waals surface area (Å²) < 4.78 is 5.50. The van der Waals surface area contributed by atoms with Crippen LogP contribution >= 0.6 is 0 Å². The molecule has 0 aliphatic carbocycles. The monoisotopic (exact) mass is 374 g/mol. The summed E-state index contributed by atoms with van der Waals surface area (Å²) in [5.41, 5.74) is 2.65. The molecule has 1 atom stereocenters. The van der Waals surface area contributed by atoms with Crippen molar-refractivity contribution in [1.82, 2.24) is 4.90 Å². The van der Waals surface area contributed by atoms with Gasteiger partial charge in [0.25, 0.3) is 0 Å². The van der Waals surface area contributed by atoms with E-state index in [2.05, 4.69) is 25.2 Å². The number of carbonyl (C=O) groups excluding carboxylic acids is 2. The molecule has 1 saturated heterocycles. The first-order valence-corrected chi connectivity index (χ1v) is 9.97. The van der Waals surface area contributed by atoms with E-state index in [-0.39, 0.29) is 18.0 Å². The van der Waals surface area contributed by atoms with Crippen LogP contribution in [0.15, 0.2) is 18.2 Å². The number of ether oxygens (including phenoxy) is 1. The lowest BCUT2D eigenvalue weighted by molar-refractivity contribution is -0.116. The third kappa shape index (κ3) is 5.98. The van der Waals surface area contributed by atoms with Crippen LogP contribution in [0.2, 0.25) is 0 Å². The molecule has 0 saturated carbocycles. The molecular weight excluding hydrogens is 340 g/mol. The molecular formula is C22H34N2O3. The minimum Gasteiger partial charge on any atom is -0.444 e. The molecule has 1 heterocycles. The number of nitrogens with one attached hydrogen (secondary N) is 1. The van der Waals surface area contributed by atoms with Gasteiger partial charge in [0.2, 0.25) is 5.91 Å². The van der Waals surface area contributed by atoms with Crippen molar-refractivity contribution < 1.29 is 14.3 Å². The summed E-state index contributed by atoms with van der Waals surface area (Å²) in [6.07, 6.45) is 2.67. The van der Waals surface area contributed by atoms with Crippen LogP contribution in [0.3, 0.4) is 0 Å². The van der Waals surface area contributed by atoms with Gasteiger partial charge < -0.3 is 15.0 Å². The van der Waals surface area contributed by atoms with Gasteiger partial charge in [0, 0.05) is 24.7 Å².